The monoisotopic (exact) mass is 461 g/mol. The van der Waals surface area contributed by atoms with Crippen LogP contribution in [-0.4, -0.2) is 60.2 Å². The second-order valence-electron chi connectivity index (χ2n) is 9.82. The Balaban J connectivity index is 1.17. The van der Waals surface area contributed by atoms with Crippen molar-refractivity contribution < 1.29 is 18.0 Å². The van der Waals surface area contributed by atoms with Gasteiger partial charge in [-0.3, -0.25) is 4.79 Å². The summed E-state index contributed by atoms with van der Waals surface area (Å²) in [6, 6.07) is 4.13. The van der Waals surface area contributed by atoms with Crippen molar-refractivity contribution in [3.8, 4) is 6.07 Å². The summed E-state index contributed by atoms with van der Waals surface area (Å²) in [5, 5.41) is 13.7. The maximum Gasteiger partial charge on any atom is 0.393 e. The lowest BCUT2D eigenvalue weighted by molar-refractivity contribution is -0.148. The number of halogens is 3. The molecule has 5 heterocycles. The summed E-state index contributed by atoms with van der Waals surface area (Å²) in [4.78, 5) is 21.8. The number of pyridine rings is 1. The van der Waals surface area contributed by atoms with Gasteiger partial charge in [0.05, 0.1) is 23.7 Å². The van der Waals surface area contributed by atoms with Crippen molar-refractivity contribution in [3.63, 3.8) is 0 Å². The average Bonchev–Trinajstić information content (AvgIpc) is 3.38. The fraction of sp³-hybridized carbons (Fsp3) is 0.591. The average molecular weight is 462 g/mol. The van der Waals surface area contributed by atoms with Gasteiger partial charge in [-0.05, 0) is 31.2 Å². The van der Waals surface area contributed by atoms with Crippen molar-refractivity contribution in [2.75, 3.05) is 31.1 Å². The van der Waals surface area contributed by atoms with Gasteiger partial charge < -0.3 is 15.1 Å². The predicted molar refractivity (Wildman–Crippen MR) is 113 cm³/mol. The quantitative estimate of drug-likeness (QED) is 0.761. The number of aromatic nitrogens is 1. The number of carbonyl (C=O) groups is 1. The standard InChI is InChI=1S/C22H22F3N5OS/c23-22(24,25)5-15-4-16-18(13(6-26)7-27-19(16)32-15)29-8-21(9-29)10-30(11-21)20(31)17-12-1-2-14(3-12)28-17/h4,7,12,14,17,28H,1-3,5,8-11H2/t12-,14+,17-/m0/s1. The summed E-state index contributed by atoms with van der Waals surface area (Å²) in [6.45, 7) is 2.80. The normalized spacial score (nSPS) is 28.1. The predicted octanol–water partition coefficient (Wildman–Crippen LogP) is 3.06. The topological polar surface area (TPSA) is 72.3 Å². The van der Waals surface area contributed by atoms with E-state index in [-0.39, 0.29) is 22.2 Å². The zero-order chi connectivity index (χ0) is 22.3. The highest BCUT2D eigenvalue weighted by molar-refractivity contribution is 7.18. The Labute approximate surface area is 187 Å². The van der Waals surface area contributed by atoms with Crippen LogP contribution < -0.4 is 10.2 Å². The van der Waals surface area contributed by atoms with E-state index in [1.165, 1.54) is 18.7 Å². The number of alkyl halides is 3. The summed E-state index contributed by atoms with van der Waals surface area (Å²) in [5.74, 6) is 0.676. The van der Waals surface area contributed by atoms with Crippen LogP contribution >= 0.6 is 11.3 Å². The Kier molecular flexibility index (Phi) is 4.31. The van der Waals surface area contributed by atoms with Gasteiger partial charge in [-0.15, -0.1) is 11.3 Å². The third kappa shape index (κ3) is 3.17. The number of anilines is 1. The second kappa shape index (κ2) is 6.81. The third-order valence-corrected chi connectivity index (χ3v) is 8.48. The van der Waals surface area contributed by atoms with E-state index in [1.54, 1.807) is 0 Å². The molecule has 1 amide bonds. The van der Waals surface area contributed by atoms with Gasteiger partial charge in [-0.1, -0.05) is 0 Å². The van der Waals surface area contributed by atoms with E-state index in [9.17, 15) is 23.2 Å². The van der Waals surface area contributed by atoms with Crippen LogP contribution in [0.15, 0.2) is 12.3 Å². The molecule has 2 aromatic rings. The number of fused-ring (bicyclic) bond motifs is 3. The van der Waals surface area contributed by atoms with Crippen molar-refractivity contribution in [3.05, 3.63) is 22.7 Å². The van der Waals surface area contributed by atoms with Crippen LogP contribution in [0.4, 0.5) is 18.9 Å². The molecular weight excluding hydrogens is 439 g/mol. The van der Waals surface area contributed by atoms with Crippen LogP contribution in [0.5, 0.6) is 0 Å². The number of nitrogens with one attached hydrogen (secondary N) is 1. The maximum absolute atomic E-state index is 12.9. The third-order valence-electron chi connectivity index (χ3n) is 7.44. The molecule has 168 valence electrons. The molecule has 4 fully saturated rings. The van der Waals surface area contributed by atoms with Crippen LogP contribution in [-0.2, 0) is 11.2 Å². The molecule has 4 aliphatic rings. The van der Waals surface area contributed by atoms with Gasteiger partial charge in [0.25, 0.3) is 0 Å². The second-order valence-corrected chi connectivity index (χ2v) is 10.9. The van der Waals surface area contributed by atoms with Crippen molar-refractivity contribution in [1.82, 2.24) is 15.2 Å². The number of nitriles is 1. The van der Waals surface area contributed by atoms with Crippen LogP contribution in [0.2, 0.25) is 0 Å². The van der Waals surface area contributed by atoms with E-state index >= 15 is 0 Å². The number of hydrogen-bond acceptors (Lipinski definition) is 6. The van der Waals surface area contributed by atoms with E-state index in [4.69, 9.17) is 0 Å². The Bertz CT molecular complexity index is 1140. The van der Waals surface area contributed by atoms with Gasteiger partial charge in [-0.2, -0.15) is 18.4 Å². The van der Waals surface area contributed by atoms with E-state index in [0.717, 1.165) is 24.2 Å². The highest BCUT2D eigenvalue weighted by Gasteiger charge is 2.56. The molecule has 0 radical (unpaired) electrons. The Morgan fingerprint density at radius 2 is 2.09 bits per heavy atom. The molecule has 2 aromatic heterocycles. The van der Waals surface area contributed by atoms with Crippen LogP contribution in [0.3, 0.4) is 0 Å². The molecule has 3 atom stereocenters. The summed E-state index contributed by atoms with van der Waals surface area (Å²) >= 11 is 1.03. The van der Waals surface area contributed by atoms with Gasteiger partial charge in [-0.25, -0.2) is 4.98 Å². The maximum atomic E-state index is 12.9. The van der Waals surface area contributed by atoms with Crippen LogP contribution in [0, 0.1) is 22.7 Å². The lowest BCUT2D eigenvalue weighted by Crippen LogP contribution is -2.74. The summed E-state index contributed by atoms with van der Waals surface area (Å²) < 4.78 is 38.6. The number of piperidine rings is 1. The summed E-state index contributed by atoms with van der Waals surface area (Å²) in [7, 11) is 0. The van der Waals surface area contributed by atoms with Gasteiger partial charge in [0.15, 0.2) is 0 Å². The zero-order valence-corrected chi connectivity index (χ0v) is 18.1. The van der Waals surface area contributed by atoms with Crippen molar-refractivity contribution in [2.24, 2.45) is 11.3 Å². The number of thiophene rings is 1. The fourth-order valence-corrected chi connectivity index (χ4v) is 7.14. The smallest absolute Gasteiger partial charge is 0.368 e. The van der Waals surface area contributed by atoms with Crippen molar-refractivity contribution in [2.45, 2.75) is 43.9 Å². The number of nitrogens with zero attached hydrogens (tertiary/aromatic N) is 4. The number of carbonyl (C=O) groups excluding carboxylic acids is 1. The first-order valence-corrected chi connectivity index (χ1v) is 11.7. The van der Waals surface area contributed by atoms with Crippen LogP contribution in [0.1, 0.15) is 29.7 Å². The highest BCUT2D eigenvalue weighted by atomic mass is 32.1. The minimum absolute atomic E-state index is 0.0143. The molecular formula is C22H22F3N5OS. The van der Waals surface area contributed by atoms with Crippen molar-refractivity contribution >= 4 is 33.1 Å². The molecule has 0 unspecified atom stereocenters. The molecule has 10 heteroatoms. The summed E-state index contributed by atoms with van der Waals surface area (Å²) in [5.41, 5.74) is 1.06. The molecule has 3 aliphatic heterocycles. The number of rotatable bonds is 3. The minimum Gasteiger partial charge on any atom is -0.368 e. The van der Waals surface area contributed by atoms with Gasteiger partial charge in [0.1, 0.15) is 10.9 Å². The molecule has 6 nitrogen and oxygen atoms in total. The van der Waals surface area contributed by atoms with E-state index in [0.29, 0.717) is 59.6 Å². The first-order chi connectivity index (χ1) is 15.2. The van der Waals surface area contributed by atoms with E-state index in [2.05, 4.69) is 21.3 Å². The first-order valence-electron chi connectivity index (χ1n) is 10.9. The molecule has 0 aromatic carbocycles. The van der Waals surface area contributed by atoms with E-state index < -0.39 is 12.6 Å². The molecule has 2 bridgehead atoms. The lowest BCUT2D eigenvalue weighted by Gasteiger charge is -2.61. The lowest BCUT2D eigenvalue weighted by atomic mass is 9.72. The molecule has 1 spiro atoms. The first kappa shape index (κ1) is 20.2. The Hall–Kier alpha value is -2.38. The Morgan fingerprint density at radius 3 is 2.72 bits per heavy atom. The van der Waals surface area contributed by atoms with Crippen molar-refractivity contribution in [1.29, 1.82) is 5.26 Å². The highest BCUT2D eigenvalue weighted by Crippen LogP contribution is 2.47. The number of likely N-dealkylation sites (tertiary alicyclic amines) is 1. The SMILES string of the molecule is N#Cc1cnc2sc(CC(F)(F)F)cc2c1N1CC2(CN(C(=O)[C@H]3N[C@@H]4CC[C@H]3C4)C2)C1. The minimum atomic E-state index is -4.28. The molecule has 1 N–H and O–H groups in total. The zero-order valence-electron chi connectivity index (χ0n) is 17.3. The Morgan fingerprint density at radius 1 is 1.31 bits per heavy atom. The molecule has 6 rings (SSSR count). The van der Waals surface area contributed by atoms with Gasteiger partial charge in [0, 0.05) is 54.1 Å². The number of amides is 1. The number of hydrogen-bond donors (Lipinski definition) is 1. The van der Waals surface area contributed by atoms with Gasteiger partial charge >= 0.3 is 6.18 Å². The summed E-state index contributed by atoms with van der Waals surface area (Å²) in [6.07, 6.45) is -0.416. The molecule has 1 aliphatic carbocycles. The van der Waals surface area contributed by atoms with Crippen LogP contribution in [0.25, 0.3) is 10.2 Å². The molecule has 32 heavy (non-hydrogen) atoms. The largest absolute Gasteiger partial charge is 0.393 e. The van der Waals surface area contributed by atoms with E-state index in [1.807, 2.05) is 4.90 Å². The molecule has 1 saturated carbocycles. The molecule has 3 saturated heterocycles. The van der Waals surface area contributed by atoms with Gasteiger partial charge in [0.2, 0.25) is 5.91 Å². The fourth-order valence-electron chi connectivity index (χ4n) is 6.10.